The van der Waals surface area contributed by atoms with Crippen molar-refractivity contribution in [1.29, 1.82) is 0 Å². The number of hydrogen-bond donors (Lipinski definition) is 0. The van der Waals surface area contributed by atoms with Crippen molar-refractivity contribution in [2.24, 2.45) is 0 Å². The molecular formula is C18H16F2O4. The summed E-state index contributed by atoms with van der Waals surface area (Å²) >= 11 is 0. The molecule has 2 rings (SSSR count). The molecule has 0 saturated heterocycles. The zero-order valence-electron chi connectivity index (χ0n) is 13.2. The highest BCUT2D eigenvalue weighted by Gasteiger charge is 2.14. The van der Waals surface area contributed by atoms with Crippen LogP contribution in [0.5, 0.6) is 17.2 Å². The zero-order valence-corrected chi connectivity index (χ0v) is 13.2. The summed E-state index contributed by atoms with van der Waals surface area (Å²) in [5.41, 5.74) is 0.674. The number of rotatable bonds is 7. The van der Waals surface area contributed by atoms with Gasteiger partial charge in [-0.2, -0.15) is 8.78 Å². The van der Waals surface area contributed by atoms with Crippen molar-refractivity contribution in [1.82, 2.24) is 0 Å². The smallest absolute Gasteiger partial charge is 0.387 e. The molecule has 2 aromatic rings. The molecule has 0 radical (unpaired) electrons. The van der Waals surface area contributed by atoms with Gasteiger partial charge in [-0.1, -0.05) is 24.3 Å². The predicted octanol–water partition coefficient (Wildman–Crippen LogP) is 4.20. The largest absolute Gasteiger partial charge is 0.496 e. The topological polar surface area (TPSA) is 44.8 Å². The minimum absolute atomic E-state index is 0.126. The Bertz CT molecular complexity index is 742. The molecule has 0 aliphatic heterocycles. The Kier molecular flexibility index (Phi) is 5.89. The number of carbonyl (C=O) groups excluding carboxylic acids is 1. The molecule has 0 bridgehead atoms. The normalized spacial score (nSPS) is 10.9. The number of alkyl halides is 2. The van der Waals surface area contributed by atoms with Gasteiger partial charge < -0.3 is 14.2 Å². The summed E-state index contributed by atoms with van der Waals surface area (Å²) in [6.07, 6.45) is 2.67. The Morgan fingerprint density at radius 2 is 1.67 bits per heavy atom. The lowest BCUT2D eigenvalue weighted by atomic mass is 10.1. The first kappa shape index (κ1) is 17.5. The van der Waals surface area contributed by atoms with E-state index in [4.69, 9.17) is 9.47 Å². The van der Waals surface area contributed by atoms with Crippen LogP contribution < -0.4 is 14.2 Å². The lowest BCUT2D eigenvalue weighted by molar-refractivity contribution is -0.0513. The van der Waals surface area contributed by atoms with Crippen molar-refractivity contribution in [2.45, 2.75) is 6.61 Å². The Morgan fingerprint density at radius 1 is 1.00 bits per heavy atom. The second-order valence-electron chi connectivity index (χ2n) is 4.65. The predicted molar refractivity (Wildman–Crippen MR) is 86.0 cm³/mol. The molecule has 24 heavy (non-hydrogen) atoms. The van der Waals surface area contributed by atoms with Gasteiger partial charge in [0.2, 0.25) is 0 Å². The Labute approximate surface area is 138 Å². The number of ether oxygens (including phenoxy) is 3. The molecule has 6 heteroatoms. The first-order chi connectivity index (χ1) is 11.6. The fourth-order valence-corrected chi connectivity index (χ4v) is 2.14. The van der Waals surface area contributed by atoms with E-state index in [2.05, 4.69) is 4.74 Å². The van der Waals surface area contributed by atoms with Crippen LogP contribution in [0.1, 0.15) is 15.9 Å². The average molecular weight is 334 g/mol. The molecule has 0 spiro atoms. The number of ketones is 1. The van der Waals surface area contributed by atoms with Crippen LogP contribution in [-0.4, -0.2) is 26.6 Å². The number of hydrogen-bond acceptors (Lipinski definition) is 4. The maximum atomic E-state index is 12.6. The molecule has 0 aliphatic rings. The van der Waals surface area contributed by atoms with E-state index in [1.807, 2.05) is 0 Å². The first-order valence-electron chi connectivity index (χ1n) is 7.04. The quantitative estimate of drug-likeness (QED) is 0.562. The number of methoxy groups -OCH3 is 2. The molecule has 0 aliphatic carbocycles. The van der Waals surface area contributed by atoms with Crippen LogP contribution >= 0.6 is 0 Å². The van der Waals surface area contributed by atoms with Gasteiger partial charge in [0.05, 0.1) is 19.8 Å². The molecule has 0 saturated carbocycles. The zero-order chi connectivity index (χ0) is 17.5. The van der Waals surface area contributed by atoms with Crippen LogP contribution in [0.15, 0.2) is 48.5 Å². The van der Waals surface area contributed by atoms with Gasteiger partial charge in [0.15, 0.2) is 17.3 Å². The third-order valence-electron chi connectivity index (χ3n) is 3.22. The average Bonchev–Trinajstić information content (AvgIpc) is 2.59. The van der Waals surface area contributed by atoms with Gasteiger partial charge in [-0.15, -0.1) is 0 Å². The van der Waals surface area contributed by atoms with Crippen LogP contribution in [0.4, 0.5) is 8.78 Å². The van der Waals surface area contributed by atoms with E-state index in [-0.39, 0.29) is 17.3 Å². The van der Waals surface area contributed by atoms with E-state index in [1.165, 1.54) is 32.4 Å². The van der Waals surface area contributed by atoms with Crippen molar-refractivity contribution in [3.05, 3.63) is 59.7 Å². The summed E-state index contributed by atoms with van der Waals surface area (Å²) in [6.45, 7) is -3.00. The van der Waals surface area contributed by atoms with E-state index < -0.39 is 6.61 Å². The second-order valence-corrected chi connectivity index (χ2v) is 4.65. The van der Waals surface area contributed by atoms with Crippen LogP contribution in [0, 0.1) is 0 Å². The summed E-state index contributed by atoms with van der Waals surface area (Å²) in [4.78, 5) is 12.3. The van der Waals surface area contributed by atoms with E-state index in [0.717, 1.165) is 0 Å². The van der Waals surface area contributed by atoms with Crippen LogP contribution in [0.3, 0.4) is 0 Å². The highest BCUT2D eigenvalue weighted by molar-refractivity contribution is 6.08. The molecule has 0 amide bonds. The van der Waals surface area contributed by atoms with E-state index in [0.29, 0.717) is 16.9 Å². The number of benzene rings is 2. The van der Waals surface area contributed by atoms with Gasteiger partial charge in [0, 0.05) is 5.56 Å². The van der Waals surface area contributed by atoms with Gasteiger partial charge in [-0.25, -0.2) is 0 Å². The standard InChI is InChI=1S/C18H16F2O4/c1-22-15-8-4-3-7-13(15)14(21)11-10-12-6-5-9-16(23-2)17(12)24-18(19)20/h3-11,18H,1-2H3/b11-10+. The van der Waals surface area contributed by atoms with Crippen LogP contribution in [0.2, 0.25) is 0 Å². The monoisotopic (exact) mass is 334 g/mol. The lowest BCUT2D eigenvalue weighted by Gasteiger charge is -2.12. The maximum Gasteiger partial charge on any atom is 0.387 e. The minimum atomic E-state index is -3.00. The highest BCUT2D eigenvalue weighted by Crippen LogP contribution is 2.33. The third-order valence-corrected chi connectivity index (χ3v) is 3.22. The molecule has 0 fully saturated rings. The van der Waals surface area contributed by atoms with Crippen molar-refractivity contribution < 1.29 is 27.8 Å². The molecule has 0 heterocycles. The van der Waals surface area contributed by atoms with E-state index in [9.17, 15) is 13.6 Å². The summed E-state index contributed by atoms with van der Waals surface area (Å²) in [7, 11) is 2.81. The first-order valence-corrected chi connectivity index (χ1v) is 7.04. The minimum Gasteiger partial charge on any atom is -0.496 e. The van der Waals surface area contributed by atoms with Crippen molar-refractivity contribution in [3.8, 4) is 17.2 Å². The lowest BCUT2D eigenvalue weighted by Crippen LogP contribution is -2.05. The van der Waals surface area contributed by atoms with Crippen LogP contribution in [0.25, 0.3) is 6.08 Å². The molecule has 0 unspecified atom stereocenters. The molecular weight excluding hydrogens is 318 g/mol. The van der Waals surface area contributed by atoms with E-state index >= 15 is 0 Å². The number of halogens is 2. The molecule has 0 aromatic heterocycles. The van der Waals surface area contributed by atoms with Gasteiger partial charge in [-0.05, 0) is 30.4 Å². The SMILES string of the molecule is COc1ccccc1C(=O)/C=C/c1cccc(OC)c1OC(F)F. The molecule has 2 aromatic carbocycles. The molecule has 0 atom stereocenters. The van der Waals surface area contributed by atoms with Crippen molar-refractivity contribution in [2.75, 3.05) is 14.2 Å². The fraction of sp³-hybridized carbons (Fsp3) is 0.167. The Hall–Kier alpha value is -2.89. The Morgan fingerprint density at radius 3 is 2.33 bits per heavy atom. The van der Waals surface area contributed by atoms with Gasteiger partial charge in [0.25, 0.3) is 0 Å². The molecule has 0 N–H and O–H groups in total. The number of allylic oxidation sites excluding steroid dienone is 1. The second kappa shape index (κ2) is 8.10. The van der Waals surface area contributed by atoms with Gasteiger partial charge in [0.1, 0.15) is 5.75 Å². The number of para-hydroxylation sites is 2. The van der Waals surface area contributed by atoms with Gasteiger partial charge in [-0.3, -0.25) is 4.79 Å². The third kappa shape index (κ3) is 4.10. The summed E-state index contributed by atoms with van der Waals surface area (Å²) in [5, 5.41) is 0. The van der Waals surface area contributed by atoms with Crippen molar-refractivity contribution >= 4 is 11.9 Å². The summed E-state index contributed by atoms with van der Waals surface area (Å²) < 4.78 is 39.8. The van der Waals surface area contributed by atoms with Crippen LogP contribution in [-0.2, 0) is 0 Å². The van der Waals surface area contributed by atoms with Crippen molar-refractivity contribution in [3.63, 3.8) is 0 Å². The Balaban J connectivity index is 2.33. The van der Waals surface area contributed by atoms with E-state index in [1.54, 1.807) is 36.4 Å². The fourth-order valence-electron chi connectivity index (χ4n) is 2.14. The summed E-state index contributed by atoms with van der Waals surface area (Å²) in [5.74, 6) is 0.140. The maximum absolute atomic E-state index is 12.6. The molecule has 126 valence electrons. The highest BCUT2D eigenvalue weighted by atomic mass is 19.3. The molecule has 4 nitrogen and oxygen atoms in total. The van der Waals surface area contributed by atoms with Gasteiger partial charge >= 0.3 is 6.61 Å². The summed E-state index contributed by atoms with van der Waals surface area (Å²) in [6, 6.07) is 11.4. The number of carbonyl (C=O) groups is 1.